The van der Waals surface area contributed by atoms with Gasteiger partial charge in [-0.15, -0.1) is 5.69 Å². The minimum atomic E-state index is -1.08. The molecule has 59 heavy (non-hydrogen) atoms. The number of rotatable bonds is 9. The van der Waals surface area contributed by atoms with Gasteiger partial charge >= 0.3 is 0 Å². The Labute approximate surface area is 345 Å². The van der Waals surface area contributed by atoms with E-state index in [1.54, 1.807) is 24.4 Å². The van der Waals surface area contributed by atoms with Gasteiger partial charge in [-0.25, -0.2) is 0 Å². The smallest absolute Gasteiger partial charge is 0.161 e. The minimum Gasteiger partial charge on any atom is -0.664 e. The molecule has 10 nitrogen and oxygen atoms in total. The number of phenolic OH excluding ortho intramolecular Hbond substituents is 2. The van der Waals surface area contributed by atoms with Gasteiger partial charge in [0.15, 0.2) is 17.3 Å². The molecule has 3 aromatic carbocycles. The molecule has 4 atom stereocenters. The summed E-state index contributed by atoms with van der Waals surface area (Å²) in [5.74, 6) is -1.55. The predicted octanol–water partition coefficient (Wildman–Crippen LogP) is 8.16. The molecule has 4 bridgehead atoms. The van der Waals surface area contributed by atoms with Crippen LogP contribution in [-0.4, -0.2) is 62.3 Å². The number of phenols is 2. The number of ether oxygens (including phenoxy) is 1. The third kappa shape index (κ3) is 9.34. The third-order valence-corrected chi connectivity index (χ3v) is 12.4. The quantitative estimate of drug-likeness (QED) is 0.0932. The summed E-state index contributed by atoms with van der Waals surface area (Å²) in [6, 6.07) is 23.0. The van der Waals surface area contributed by atoms with Crippen LogP contribution in [0, 0.1) is 11.8 Å². The van der Waals surface area contributed by atoms with Crippen molar-refractivity contribution >= 4 is 23.5 Å². The first-order valence-corrected chi connectivity index (χ1v) is 21.1. The van der Waals surface area contributed by atoms with Crippen molar-refractivity contribution in [1.82, 2.24) is 9.97 Å². The maximum atomic E-state index is 15.1. The highest BCUT2D eigenvalue weighted by Crippen LogP contribution is 2.45. The van der Waals surface area contributed by atoms with Crippen LogP contribution in [0.1, 0.15) is 102 Å². The lowest BCUT2D eigenvalue weighted by Gasteiger charge is -2.38. The number of aliphatic hydroxyl groups is 2. The van der Waals surface area contributed by atoms with E-state index >= 15 is 4.79 Å². The number of aryl methyl sites for hydroxylation is 2. The molecule has 0 saturated heterocycles. The van der Waals surface area contributed by atoms with Crippen molar-refractivity contribution in [3.8, 4) is 17.2 Å². The summed E-state index contributed by atoms with van der Waals surface area (Å²) in [6.45, 7) is -0.174. The summed E-state index contributed by atoms with van der Waals surface area (Å²) < 4.78 is 6.40. The van der Waals surface area contributed by atoms with Crippen molar-refractivity contribution in [3.05, 3.63) is 141 Å². The van der Waals surface area contributed by atoms with Crippen molar-refractivity contribution in [2.24, 2.45) is 11.8 Å². The Hall–Kier alpha value is -5.58. The van der Waals surface area contributed by atoms with Crippen LogP contribution in [0.15, 0.2) is 90.8 Å². The molecule has 3 aliphatic rings. The lowest BCUT2D eigenvalue weighted by atomic mass is 9.68. The zero-order valence-corrected chi connectivity index (χ0v) is 33.4. The van der Waals surface area contributed by atoms with Crippen molar-refractivity contribution in [3.63, 3.8) is 0 Å². The average molecular weight is 796 g/mol. The number of H-pyrrole nitrogens is 1. The fourth-order valence-electron chi connectivity index (χ4n) is 9.42. The molecular formula is C49H53N3O7-2. The largest absolute Gasteiger partial charge is 0.664 e. The number of nitrogens with one attached hydrogen (secondary N) is 1. The number of aromatic hydroxyl groups is 2. The molecule has 8 rings (SSSR count). The first-order valence-electron chi connectivity index (χ1n) is 21.1. The standard InChI is InChI=1S/C49H53N3O7/c53-20-17-41-44(56)14-12-33-24-35(47(57)45(26-33)59-39-9-1-2-10-39)23-32-7-3-6-31(21-32)22-34-15-18-51-49(34)52-29-36-27-43-40(16-19-50-43)42(46(36)48(41)58)28-38(55)13-11-30-5-4-8-37(54)25-30/h3-8,15-16,18-19,21,24-27,38-39,41-42,46,51,53-55,57H,1-2,9-14,17,20,22-23,28-29H2/q-2/t38-,41+,42+,46+/m1/s1. The first kappa shape index (κ1) is 40.2. The molecule has 0 spiro atoms. The lowest BCUT2D eigenvalue weighted by molar-refractivity contribution is -0.135. The summed E-state index contributed by atoms with van der Waals surface area (Å²) in [4.78, 5) is 37.4. The van der Waals surface area contributed by atoms with E-state index in [2.05, 4.69) is 22.1 Å². The van der Waals surface area contributed by atoms with Crippen LogP contribution in [0.25, 0.3) is 11.4 Å². The van der Waals surface area contributed by atoms with E-state index in [1.165, 1.54) is 0 Å². The fraction of sp³-hybridized carbons (Fsp3) is 0.388. The molecule has 1 fully saturated rings. The molecule has 5 N–H and O–H groups in total. The Bertz CT molecular complexity index is 2300. The monoisotopic (exact) mass is 795 g/mol. The molecule has 2 aliphatic carbocycles. The summed E-state index contributed by atoms with van der Waals surface area (Å²) in [5.41, 5.74) is 7.79. The van der Waals surface area contributed by atoms with Crippen LogP contribution in [0.4, 0.5) is 5.82 Å². The van der Waals surface area contributed by atoms with Gasteiger partial charge in [-0.05, 0) is 123 Å². The third-order valence-electron chi connectivity index (χ3n) is 12.4. The Morgan fingerprint density at radius 1 is 0.881 bits per heavy atom. The number of carbonyl (C=O) groups excluding carboxylic acids is 2. The molecule has 10 heteroatoms. The van der Waals surface area contributed by atoms with Crippen molar-refractivity contribution in [2.75, 3.05) is 13.2 Å². The number of nitrogens with zero attached hydrogens (tertiary/aromatic N) is 2. The van der Waals surface area contributed by atoms with Crippen molar-refractivity contribution in [2.45, 2.75) is 95.2 Å². The molecular weight excluding hydrogens is 743 g/mol. The van der Waals surface area contributed by atoms with Crippen molar-refractivity contribution < 1.29 is 34.8 Å². The number of hydrogen-bond acceptors (Lipinski definition) is 7. The van der Waals surface area contributed by atoms with Gasteiger partial charge in [0.2, 0.25) is 0 Å². The van der Waals surface area contributed by atoms with E-state index < -0.39 is 23.9 Å². The summed E-state index contributed by atoms with van der Waals surface area (Å²) in [5, 5.41) is 48.5. The number of aliphatic hydroxyl groups excluding tert-OH is 2. The maximum absolute atomic E-state index is 15.1. The van der Waals surface area contributed by atoms with Crippen LogP contribution in [0.2, 0.25) is 0 Å². The van der Waals surface area contributed by atoms with Gasteiger partial charge in [0.1, 0.15) is 11.5 Å². The number of carbonyl (C=O) groups is 2. The number of aromatic amines is 1. The summed E-state index contributed by atoms with van der Waals surface area (Å²) in [7, 11) is 0. The molecule has 5 aromatic rings. The lowest BCUT2D eigenvalue weighted by Crippen LogP contribution is -2.38. The van der Waals surface area contributed by atoms with Crippen LogP contribution < -0.4 is 9.72 Å². The second-order valence-corrected chi connectivity index (χ2v) is 16.6. The van der Waals surface area contributed by atoms with Gasteiger partial charge in [-0.2, -0.15) is 6.20 Å². The Morgan fingerprint density at radius 2 is 1.68 bits per heavy atom. The topological polar surface area (TPSA) is 168 Å². The van der Waals surface area contributed by atoms with Crippen molar-refractivity contribution in [1.29, 1.82) is 0 Å². The van der Waals surface area contributed by atoms with Gasteiger partial charge in [0.25, 0.3) is 0 Å². The van der Waals surface area contributed by atoms with Gasteiger partial charge in [-0.3, -0.25) is 9.59 Å². The van der Waals surface area contributed by atoms with Gasteiger partial charge in [0, 0.05) is 30.9 Å². The first-order chi connectivity index (χ1) is 28.7. The summed E-state index contributed by atoms with van der Waals surface area (Å²) >= 11 is 0. The SMILES string of the molecule is O=C1CCc2cc(c(O)c(OC3CCCC3)c2)Cc2cccc(c2)Cc2cc[nH]c2[N-]CC2=Cc3[n-]ccc3[C@H](C[C@H](O)CCc3cccc(O)c3)[C@H]2C(=O)[C@H]1CCO. The molecule has 0 radical (unpaired) electrons. The van der Waals surface area contributed by atoms with E-state index in [0.29, 0.717) is 54.8 Å². The fourth-order valence-corrected chi connectivity index (χ4v) is 9.42. The van der Waals surface area contributed by atoms with E-state index in [-0.39, 0.29) is 61.6 Å². The number of hydrogen-bond donors (Lipinski definition) is 5. The van der Waals surface area contributed by atoms with Crippen LogP contribution in [0.5, 0.6) is 17.2 Å². The summed E-state index contributed by atoms with van der Waals surface area (Å²) in [6.07, 6.45) is 11.3. The number of ketones is 2. The highest BCUT2D eigenvalue weighted by atomic mass is 16.5. The zero-order valence-electron chi connectivity index (χ0n) is 33.4. The second-order valence-electron chi connectivity index (χ2n) is 16.6. The highest BCUT2D eigenvalue weighted by molar-refractivity contribution is 6.05. The highest BCUT2D eigenvalue weighted by Gasteiger charge is 2.41. The maximum Gasteiger partial charge on any atom is 0.161 e. The Morgan fingerprint density at radius 3 is 2.47 bits per heavy atom. The zero-order chi connectivity index (χ0) is 40.9. The predicted molar refractivity (Wildman–Crippen MR) is 226 cm³/mol. The molecule has 2 aromatic heterocycles. The van der Waals surface area contributed by atoms with Crippen LogP contribution in [0.3, 0.4) is 0 Å². The number of fused-ring (bicyclic) bond motifs is 7. The average Bonchev–Trinajstić information content (AvgIpc) is 4.02. The normalized spacial score (nSPS) is 20.6. The number of benzene rings is 3. The van der Waals surface area contributed by atoms with Crippen LogP contribution >= 0.6 is 0 Å². The molecule has 308 valence electrons. The Kier molecular flexibility index (Phi) is 12.4. The molecule has 3 heterocycles. The minimum absolute atomic E-state index is 0.0186. The van der Waals surface area contributed by atoms with Crippen LogP contribution in [-0.2, 0) is 35.3 Å². The number of aromatic nitrogens is 2. The Balaban J connectivity index is 1.16. The molecule has 1 saturated carbocycles. The van der Waals surface area contributed by atoms with E-state index in [9.17, 15) is 25.2 Å². The number of Topliss-reactive ketones (excluding diaryl/α,β-unsaturated/α-hetero) is 2. The molecule has 0 unspecified atom stereocenters. The molecule has 1 aliphatic heterocycles. The molecule has 0 amide bonds. The van der Waals surface area contributed by atoms with Gasteiger partial charge in [0.05, 0.1) is 18.1 Å². The van der Waals surface area contributed by atoms with E-state index in [4.69, 9.17) is 10.1 Å². The van der Waals surface area contributed by atoms with Gasteiger partial charge in [-0.1, -0.05) is 83.8 Å². The van der Waals surface area contributed by atoms with Gasteiger partial charge < -0.3 is 40.4 Å². The van der Waals surface area contributed by atoms with E-state index in [1.807, 2.05) is 54.7 Å². The second kappa shape index (κ2) is 18.1. The van der Waals surface area contributed by atoms with E-state index in [0.717, 1.165) is 64.8 Å².